The van der Waals surface area contributed by atoms with Gasteiger partial charge in [-0.25, -0.2) is 9.97 Å². The number of hydrogen-bond acceptors (Lipinski definition) is 4. The second-order valence-corrected chi connectivity index (χ2v) is 5.75. The maximum Gasteiger partial charge on any atom is 0.162 e. The maximum absolute atomic E-state index is 6.08. The Labute approximate surface area is 115 Å². The fourth-order valence-corrected chi connectivity index (χ4v) is 3.24. The van der Waals surface area contributed by atoms with E-state index in [-0.39, 0.29) is 5.60 Å². The normalized spacial score (nSPS) is 27.5. The molecule has 1 saturated carbocycles. The van der Waals surface area contributed by atoms with Crippen molar-refractivity contribution in [2.45, 2.75) is 58.5 Å². The van der Waals surface area contributed by atoms with Crippen molar-refractivity contribution in [1.29, 1.82) is 0 Å². The molecule has 2 unspecified atom stereocenters. The molecule has 4 nitrogen and oxygen atoms in total. The number of methoxy groups -OCH3 is 1. The van der Waals surface area contributed by atoms with Gasteiger partial charge in [-0.2, -0.15) is 0 Å². The molecule has 106 valence electrons. The third kappa shape index (κ3) is 2.59. The van der Waals surface area contributed by atoms with Gasteiger partial charge in [0.1, 0.15) is 11.4 Å². The monoisotopic (exact) mass is 263 g/mol. The van der Waals surface area contributed by atoms with Crippen LogP contribution in [0.4, 0.5) is 5.82 Å². The van der Waals surface area contributed by atoms with Gasteiger partial charge in [0, 0.05) is 18.4 Å². The topological polar surface area (TPSA) is 61.0 Å². The molecular formula is C15H25N3O. The van der Waals surface area contributed by atoms with Crippen LogP contribution in [0.3, 0.4) is 0 Å². The molecule has 0 bridgehead atoms. The van der Waals surface area contributed by atoms with E-state index in [9.17, 15) is 0 Å². The van der Waals surface area contributed by atoms with Gasteiger partial charge >= 0.3 is 0 Å². The van der Waals surface area contributed by atoms with E-state index in [1.807, 2.05) is 6.92 Å². The van der Waals surface area contributed by atoms with E-state index in [4.69, 9.17) is 10.5 Å². The van der Waals surface area contributed by atoms with Crippen molar-refractivity contribution in [2.24, 2.45) is 5.92 Å². The summed E-state index contributed by atoms with van der Waals surface area (Å²) in [4.78, 5) is 9.24. The zero-order valence-corrected chi connectivity index (χ0v) is 12.5. The van der Waals surface area contributed by atoms with Gasteiger partial charge in [-0.1, -0.05) is 20.3 Å². The third-order valence-electron chi connectivity index (χ3n) is 4.35. The Bertz CT molecular complexity index is 438. The van der Waals surface area contributed by atoms with Crippen LogP contribution < -0.4 is 5.73 Å². The van der Waals surface area contributed by atoms with Crippen LogP contribution >= 0.6 is 0 Å². The average molecular weight is 263 g/mol. The first-order valence-corrected chi connectivity index (χ1v) is 7.21. The number of aryl methyl sites for hydroxylation is 1. The van der Waals surface area contributed by atoms with Gasteiger partial charge in [0.25, 0.3) is 0 Å². The van der Waals surface area contributed by atoms with Crippen LogP contribution in [0.25, 0.3) is 0 Å². The number of nitrogens with two attached hydrogens (primary N) is 1. The first kappa shape index (κ1) is 14.3. The first-order chi connectivity index (χ1) is 9.02. The molecule has 4 heteroatoms. The smallest absolute Gasteiger partial charge is 0.162 e. The molecule has 1 aromatic heterocycles. The predicted molar refractivity (Wildman–Crippen MR) is 76.9 cm³/mol. The van der Waals surface area contributed by atoms with Gasteiger partial charge in [0.2, 0.25) is 0 Å². The Morgan fingerprint density at radius 2 is 2.16 bits per heavy atom. The molecule has 2 N–H and O–H groups in total. The predicted octanol–water partition coefficient (Wildman–Crippen LogP) is 2.98. The highest BCUT2D eigenvalue weighted by molar-refractivity contribution is 5.42. The van der Waals surface area contributed by atoms with Crippen molar-refractivity contribution in [3.8, 4) is 0 Å². The lowest BCUT2D eigenvalue weighted by atomic mass is 9.78. The minimum Gasteiger partial charge on any atom is -0.383 e. The number of ether oxygens (including phenoxy) is 1. The molecule has 1 aliphatic rings. The lowest BCUT2D eigenvalue weighted by Crippen LogP contribution is -2.36. The number of nitrogen functional groups attached to an aromatic ring is 1. The highest BCUT2D eigenvalue weighted by atomic mass is 16.5. The highest BCUT2D eigenvalue weighted by Gasteiger charge is 2.39. The van der Waals surface area contributed by atoms with Crippen LogP contribution in [0.5, 0.6) is 0 Å². The summed E-state index contributed by atoms with van der Waals surface area (Å²) in [5.74, 6) is 2.03. The van der Waals surface area contributed by atoms with Gasteiger partial charge in [-0.05, 0) is 38.5 Å². The molecule has 1 aromatic rings. The summed E-state index contributed by atoms with van der Waals surface area (Å²) in [5.41, 5.74) is 7.78. The molecule has 2 atom stereocenters. The molecular weight excluding hydrogens is 238 g/mol. The summed E-state index contributed by atoms with van der Waals surface area (Å²) in [7, 11) is 1.76. The van der Waals surface area contributed by atoms with Crippen molar-refractivity contribution in [3.63, 3.8) is 0 Å². The largest absolute Gasteiger partial charge is 0.383 e. The average Bonchev–Trinajstić information content (AvgIpc) is 2.38. The molecule has 2 rings (SSSR count). The van der Waals surface area contributed by atoms with Gasteiger partial charge in [0.05, 0.1) is 0 Å². The minimum atomic E-state index is -0.344. The Morgan fingerprint density at radius 3 is 2.68 bits per heavy atom. The number of aromatic nitrogens is 2. The van der Waals surface area contributed by atoms with Crippen molar-refractivity contribution >= 4 is 5.82 Å². The highest BCUT2D eigenvalue weighted by Crippen LogP contribution is 2.41. The summed E-state index contributed by atoms with van der Waals surface area (Å²) in [6, 6.07) is 0. The SMILES string of the molecule is CCc1c(C)nc(C2(OC)CCCC(C)C2)nc1N. The number of nitrogens with zero attached hydrogens (tertiary/aromatic N) is 2. The summed E-state index contributed by atoms with van der Waals surface area (Å²) in [5, 5.41) is 0. The van der Waals surface area contributed by atoms with E-state index in [0.717, 1.165) is 42.8 Å². The van der Waals surface area contributed by atoms with E-state index >= 15 is 0 Å². The van der Waals surface area contributed by atoms with E-state index in [1.165, 1.54) is 6.42 Å². The van der Waals surface area contributed by atoms with E-state index in [1.54, 1.807) is 7.11 Å². The van der Waals surface area contributed by atoms with Gasteiger partial charge < -0.3 is 10.5 Å². The molecule has 19 heavy (non-hydrogen) atoms. The van der Waals surface area contributed by atoms with E-state index in [0.29, 0.717) is 11.7 Å². The van der Waals surface area contributed by atoms with E-state index in [2.05, 4.69) is 23.8 Å². The van der Waals surface area contributed by atoms with Gasteiger partial charge in [-0.15, -0.1) is 0 Å². The lowest BCUT2D eigenvalue weighted by Gasteiger charge is -2.37. The second-order valence-electron chi connectivity index (χ2n) is 5.75. The molecule has 0 aliphatic heterocycles. The first-order valence-electron chi connectivity index (χ1n) is 7.21. The molecule has 0 amide bonds. The van der Waals surface area contributed by atoms with Crippen molar-refractivity contribution in [1.82, 2.24) is 9.97 Å². The zero-order chi connectivity index (χ0) is 14.0. The zero-order valence-electron chi connectivity index (χ0n) is 12.5. The maximum atomic E-state index is 6.08. The number of anilines is 1. The minimum absolute atomic E-state index is 0.344. The van der Waals surface area contributed by atoms with Crippen LogP contribution in [-0.2, 0) is 16.8 Å². The fourth-order valence-electron chi connectivity index (χ4n) is 3.24. The summed E-state index contributed by atoms with van der Waals surface area (Å²) >= 11 is 0. The van der Waals surface area contributed by atoms with Crippen molar-refractivity contribution in [2.75, 3.05) is 12.8 Å². The molecule has 0 radical (unpaired) electrons. The summed E-state index contributed by atoms with van der Waals surface area (Å²) in [6.45, 7) is 6.36. The summed E-state index contributed by atoms with van der Waals surface area (Å²) < 4.78 is 5.84. The summed E-state index contributed by atoms with van der Waals surface area (Å²) in [6.07, 6.45) is 5.25. The fraction of sp³-hybridized carbons (Fsp3) is 0.733. The van der Waals surface area contributed by atoms with Crippen LogP contribution in [0.1, 0.15) is 56.6 Å². The Balaban J connectivity index is 2.44. The van der Waals surface area contributed by atoms with Crippen LogP contribution in [0.2, 0.25) is 0 Å². The Hall–Kier alpha value is -1.16. The van der Waals surface area contributed by atoms with Gasteiger partial charge in [0.15, 0.2) is 5.82 Å². The quantitative estimate of drug-likeness (QED) is 0.910. The lowest BCUT2D eigenvalue weighted by molar-refractivity contribution is -0.0646. The molecule has 1 heterocycles. The Morgan fingerprint density at radius 1 is 1.42 bits per heavy atom. The molecule has 0 saturated heterocycles. The van der Waals surface area contributed by atoms with E-state index < -0.39 is 0 Å². The standard InChI is InChI=1S/C15H25N3O/c1-5-12-11(3)17-14(18-13(12)16)15(19-4)8-6-7-10(2)9-15/h10H,5-9H2,1-4H3,(H2,16,17,18). The second kappa shape index (κ2) is 5.45. The Kier molecular flexibility index (Phi) is 4.09. The molecule has 1 aliphatic carbocycles. The van der Waals surface area contributed by atoms with Crippen LogP contribution in [0, 0.1) is 12.8 Å². The van der Waals surface area contributed by atoms with Crippen molar-refractivity contribution in [3.05, 3.63) is 17.1 Å². The molecule has 1 fully saturated rings. The molecule has 0 spiro atoms. The van der Waals surface area contributed by atoms with Crippen LogP contribution in [-0.4, -0.2) is 17.1 Å². The number of hydrogen-bond donors (Lipinski definition) is 1. The van der Waals surface area contributed by atoms with Crippen molar-refractivity contribution < 1.29 is 4.74 Å². The van der Waals surface area contributed by atoms with Gasteiger partial charge in [-0.3, -0.25) is 0 Å². The molecule has 0 aromatic carbocycles. The number of rotatable bonds is 3. The third-order valence-corrected chi connectivity index (χ3v) is 4.35. The van der Waals surface area contributed by atoms with Crippen LogP contribution in [0.15, 0.2) is 0 Å².